The second-order valence-corrected chi connectivity index (χ2v) is 9.43. The number of hydrogen-bond donors (Lipinski definition) is 1. The van der Waals surface area contributed by atoms with Crippen LogP contribution in [0, 0.1) is 6.92 Å². The maximum Gasteiger partial charge on any atom is 0.0994 e. The van der Waals surface area contributed by atoms with Crippen LogP contribution in [0.2, 0.25) is 10.0 Å². The summed E-state index contributed by atoms with van der Waals surface area (Å²) < 4.78 is 0. The Kier molecular flexibility index (Phi) is 6.59. The maximum absolute atomic E-state index is 11.2. The molecule has 1 saturated heterocycles. The van der Waals surface area contributed by atoms with Crippen LogP contribution in [0.25, 0.3) is 0 Å². The molecule has 2 unspecified atom stereocenters. The summed E-state index contributed by atoms with van der Waals surface area (Å²) in [4.78, 5) is 4.71. The highest BCUT2D eigenvalue weighted by molar-refractivity contribution is 6.33. The molecular formula is C26H28Cl2N2O. The first-order chi connectivity index (χ1) is 14.8. The van der Waals surface area contributed by atoms with Crippen LogP contribution in [0.4, 0.5) is 5.69 Å². The lowest BCUT2D eigenvalue weighted by molar-refractivity contribution is 0.0103. The number of β-amino-alcohol motifs (C(OH)–C–C–N with tert-alkyl or cyclic N) is 1. The molecule has 0 radical (unpaired) electrons. The smallest absolute Gasteiger partial charge is 0.0994 e. The third kappa shape index (κ3) is 5.07. The normalized spacial score (nSPS) is 19.3. The predicted octanol–water partition coefficient (Wildman–Crippen LogP) is 6.07. The molecule has 162 valence electrons. The molecule has 0 amide bonds. The van der Waals surface area contributed by atoms with Crippen molar-refractivity contribution < 1.29 is 5.11 Å². The second kappa shape index (κ2) is 9.22. The molecule has 1 aliphatic heterocycles. The Morgan fingerprint density at radius 3 is 2.35 bits per heavy atom. The van der Waals surface area contributed by atoms with Gasteiger partial charge in [-0.3, -0.25) is 4.90 Å². The summed E-state index contributed by atoms with van der Waals surface area (Å²) >= 11 is 12.8. The van der Waals surface area contributed by atoms with Gasteiger partial charge in [0.2, 0.25) is 0 Å². The number of halogens is 2. The van der Waals surface area contributed by atoms with E-state index >= 15 is 0 Å². The van der Waals surface area contributed by atoms with Crippen LogP contribution >= 0.6 is 23.2 Å². The van der Waals surface area contributed by atoms with E-state index in [1.165, 1.54) is 5.56 Å². The van der Waals surface area contributed by atoms with Gasteiger partial charge < -0.3 is 10.0 Å². The van der Waals surface area contributed by atoms with Crippen molar-refractivity contribution in [3.8, 4) is 0 Å². The number of aryl methyl sites for hydroxylation is 1. The molecule has 0 bridgehead atoms. The Morgan fingerprint density at radius 2 is 1.68 bits per heavy atom. The third-order valence-corrected chi connectivity index (χ3v) is 6.61. The number of hydrogen-bond acceptors (Lipinski definition) is 3. The number of rotatable bonds is 5. The number of piperazine rings is 1. The molecule has 1 N–H and O–H groups in total. The van der Waals surface area contributed by atoms with E-state index in [2.05, 4.69) is 41.0 Å². The zero-order valence-electron chi connectivity index (χ0n) is 17.9. The number of aliphatic hydroxyl groups is 1. The molecule has 4 rings (SSSR count). The monoisotopic (exact) mass is 454 g/mol. The quantitative estimate of drug-likeness (QED) is 0.506. The van der Waals surface area contributed by atoms with Gasteiger partial charge in [0.05, 0.1) is 22.4 Å². The lowest BCUT2D eigenvalue weighted by Gasteiger charge is -2.45. The minimum Gasteiger partial charge on any atom is -0.384 e. The van der Waals surface area contributed by atoms with Gasteiger partial charge in [0.15, 0.2) is 0 Å². The molecule has 1 aliphatic rings. The molecule has 3 nitrogen and oxygen atoms in total. The Morgan fingerprint density at radius 1 is 0.968 bits per heavy atom. The van der Waals surface area contributed by atoms with E-state index < -0.39 is 5.60 Å². The van der Waals surface area contributed by atoms with Crippen molar-refractivity contribution in [3.05, 3.63) is 99.5 Å². The second-order valence-electron chi connectivity index (χ2n) is 8.59. The summed E-state index contributed by atoms with van der Waals surface area (Å²) in [5.41, 5.74) is 3.39. The number of nitrogens with zero attached hydrogens (tertiary/aromatic N) is 2. The van der Waals surface area contributed by atoms with E-state index in [1.54, 1.807) is 0 Å². The van der Waals surface area contributed by atoms with Crippen LogP contribution in [-0.4, -0.2) is 36.2 Å². The SMILES string of the molecule is Cc1ccc(N2CCN(CC(C)(O)c3ccccc3)CC2c2ccc(Cl)cc2)c(Cl)c1. The first-order valence-electron chi connectivity index (χ1n) is 10.6. The lowest BCUT2D eigenvalue weighted by Crippen LogP contribution is -2.52. The van der Waals surface area contributed by atoms with Gasteiger partial charge in [-0.1, -0.05) is 71.7 Å². The molecule has 5 heteroatoms. The fourth-order valence-corrected chi connectivity index (χ4v) is 4.88. The average molecular weight is 455 g/mol. The van der Waals surface area contributed by atoms with Crippen molar-refractivity contribution >= 4 is 28.9 Å². The maximum atomic E-state index is 11.2. The molecule has 1 heterocycles. The van der Waals surface area contributed by atoms with Crippen molar-refractivity contribution in [2.24, 2.45) is 0 Å². The van der Waals surface area contributed by atoms with E-state index in [-0.39, 0.29) is 6.04 Å². The van der Waals surface area contributed by atoms with Gasteiger partial charge in [0.1, 0.15) is 0 Å². The molecule has 1 fully saturated rings. The minimum absolute atomic E-state index is 0.109. The van der Waals surface area contributed by atoms with E-state index in [0.717, 1.165) is 46.5 Å². The molecule has 3 aromatic rings. The molecule has 0 aromatic heterocycles. The average Bonchev–Trinajstić information content (AvgIpc) is 2.75. The van der Waals surface area contributed by atoms with E-state index in [0.29, 0.717) is 6.54 Å². The van der Waals surface area contributed by atoms with E-state index in [9.17, 15) is 5.11 Å². The van der Waals surface area contributed by atoms with Crippen LogP contribution in [0.1, 0.15) is 29.7 Å². The molecule has 0 spiro atoms. The summed E-state index contributed by atoms with van der Waals surface area (Å²) in [7, 11) is 0. The largest absolute Gasteiger partial charge is 0.384 e. The molecule has 0 aliphatic carbocycles. The van der Waals surface area contributed by atoms with Crippen molar-refractivity contribution in [3.63, 3.8) is 0 Å². The van der Waals surface area contributed by atoms with E-state index in [1.807, 2.05) is 55.5 Å². The van der Waals surface area contributed by atoms with Crippen molar-refractivity contribution in [1.82, 2.24) is 4.90 Å². The zero-order chi connectivity index (χ0) is 22.0. The van der Waals surface area contributed by atoms with Crippen molar-refractivity contribution in [2.75, 3.05) is 31.1 Å². The van der Waals surface area contributed by atoms with Crippen molar-refractivity contribution in [1.29, 1.82) is 0 Å². The van der Waals surface area contributed by atoms with E-state index in [4.69, 9.17) is 23.2 Å². The summed E-state index contributed by atoms with van der Waals surface area (Å²) in [5.74, 6) is 0. The highest BCUT2D eigenvalue weighted by Gasteiger charge is 2.33. The van der Waals surface area contributed by atoms with Crippen molar-refractivity contribution in [2.45, 2.75) is 25.5 Å². The number of benzene rings is 3. The Hall–Kier alpha value is -2.04. The van der Waals surface area contributed by atoms with Gasteiger partial charge >= 0.3 is 0 Å². The van der Waals surface area contributed by atoms with Crippen LogP contribution in [0.5, 0.6) is 0 Å². The van der Waals surface area contributed by atoms with Crippen LogP contribution in [0.15, 0.2) is 72.8 Å². The zero-order valence-corrected chi connectivity index (χ0v) is 19.4. The first kappa shape index (κ1) is 22.2. The topological polar surface area (TPSA) is 26.7 Å². The summed E-state index contributed by atoms with van der Waals surface area (Å²) in [6.07, 6.45) is 0. The standard InChI is InChI=1S/C26H28Cl2N2O/c1-19-8-13-24(23(28)16-19)30-15-14-29(17-25(30)20-9-11-22(27)12-10-20)18-26(2,31)21-6-4-3-5-7-21/h3-13,16,25,31H,14-15,17-18H2,1-2H3. The fraction of sp³-hybridized carbons (Fsp3) is 0.308. The summed E-state index contributed by atoms with van der Waals surface area (Å²) in [6, 6.07) is 24.3. The highest BCUT2D eigenvalue weighted by atomic mass is 35.5. The number of anilines is 1. The summed E-state index contributed by atoms with van der Waals surface area (Å²) in [5, 5.41) is 12.7. The predicted molar refractivity (Wildman–Crippen MR) is 130 cm³/mol. The molecule has 31 heavy (non-hydrogen) atoms. The molecule has 3 aromatic carbocycles. The van der Waals surface area contributed by atoms with Gasteiger partial charge in [-0.15, -0.1) is 0 Å². The lowest BCUT2D eigenvalue weighted by atomic mass is 9.94. The first-order valence-corrected chi connectivity index (χ1v) is 11.4. The Labute approximate surface area is 194 Å². The van der Waals surface area contributed by atoms with Crippen LogP contribution in [-0.2, 0) is 5.60 Å². The van der Waals surface area contributed by atoms with Gasteiger partial charge in [-0.2, -0.15) is 0 Å². The van der Waals surface area contributed by atoms with Gasteiger partial charge in [0, 0.05) is 31.2 Å². The minimum atomic E-state index is -0.921. The Balaban J connectivity index is 1.62. The molecule has 0 saturated carbocycles. The highest BCUT2D eigenvalue weighted by Crippen LogP contribution is 2.36. The summed E-state index contributed by atoms with van der Waals surface area (Å²) in [6.45, 7) is 6.96. The van der Waals surface area contributed by atoms with Crippen LogP contribution < -0.4 is 4.90 Å². The van der Waals surface area contributed by atoms with Gasteiger partial charge in [-0.25, -0.2) is 0 Å². The fourth-order valence-electron chi connectivity index (χ4n) is 4.41. The molecular weight excluding hydrogens is 427 g/mol. The Bertz CT molecular complexity index is 1020. The molecule has 2 atom stereocenters. The van der Waals surface area contributed by atoms with Gasteiger partial charge in [0.25, 0.3) is 0 Å². The van der Waals surface area contributed by atoms with Crippen LogP contribution in [0.3, 0.4) is 0 Å². The van der Waals surface area contributed by atoms with Gasteiger partial charge in [-0.05, 0) is 54.8 Å². The third-order valence-electron chi connectivity index (χ3n) is 6.06.